The van der Waals surface area contributed by atoms with E-state index in [1.807, 2.05) is 0 Å². The Morgan fingerprint density at radius 2 is 2.00 bits per heavy atom. The van der Waals surface area contributed by atoms with Crippen LogP contribution in [-0.4, -0.2) is 46.3 Å². The maximum Gasteiger partial charge on any atom is 0.433 e. The molecule has 0 bridgehead atoms. The van der Waals surface area contributed by atoms with Crippen molar-refractivity contribution in [2.45, 2.75) is 39.2 Å². The first-order valence-corrected chi connectivity index (χ1v) is 9.27. The minimum Gasteiger partial charge on any atom is -0.326 e. The van der Waals surface area contributed by atoms with Crippen LogP contribution in [0.15, 0.2) is 24.8 Å². The predicted octanol–water partition coefficient (Wildman–Crippen LogP) is 3.16. The molecule has 8 nitrogen and oxygen atoms in total. The van der Waals surface area contributed by atoms with Crippen molar-refractivity contribution < 1.29 is 18.0 Å². The van der Waals surface area contributed by atoms with Crippen molar-refractivity contribution in [2.75, 3.05) is 0 Å². The van der Waals surface area contributed by atoms with Crippen LogP contribution >= 0.6 is 11.6 Å². The highest BCUT2D eigenvalue weighted by atomic mass is 35.5. The highest BCUT2D eigenvalue weighted by molar-refractivity contribution is 6.28. The standard InChI is InChI=1S/C18H15ClF3N7O/c1-9-4-23-17(19)27-14(9)12-7-28-5-10(2)29(16(30)15(28)26-12)6-11-3-13(18(20,21)22)25-8-24-11/h3-4,7-8,10H,5-6H2,1-2H3. The van der Waals surface area contributed by atoms with Gasteiger partial charge in [0.1, 0.15) is 17.7 Å². The van der Waals surface area contributed by atoms with Gasteiger partial charge in [0.05, 0.1) is 17.9 Å². The number of hydrogen-bond acceptors (Lipinski definition) is 6. The van der Waals surface area contributed by atoms with E-state index in [0.29, 0.717) is 17.9 Å². The molecule has 3 aromatic heterocycles. The van der Waals surface area contributed by atoms with Gasteiger partial charge in [-0.2, -0.15) is 13.2 Å². The van der Waals surface area contributed by atoms with Gasteiger partial charge >= 0.3 is 6.18 Å². The summed E-state index contributed by atoms with van der Waals surface area (Å²) in [5.41, 5.74) is 0.763. The first-order valence-electron chi connectivity index (χ1n) is 8.89. The van der Waals surface area contributed by atoms with E-state index in [9.17, 15) is 18.0 Å². The zero-order valence-corrected chi connectivity index (χ0v) is 16.6. The Hall–Kier alpha value is -3.08. The number of imidazole rings is 1. The van der Waals surface area contributed by atoms with Crippen LogP contribution in [0.4, 0.5) is 13.2 Å². The molecule has 156 valence electrons. The Labute approximate surface area is 173 Å². The lowest BCUT2D eigenvalue weighted by Crippen LogP contribution is -2.46. The summed E-state index contributed by atoms with van der Waals surface area (Å²) in [7, 11) is 0. The van der Waals surface area contributed by atoms with Crippen LogP contribution in [-0.2, 0) is 19.3 Å². The zero-order valence-electron chi connectivity index (χ0n) is 15.9. The van der Waals surface area contributed by atoms with E-state index < -0.39 is 17.8 Å². The number of carbonyl (C=O) groups is 1. The van der Waals surface area contributed by atoms with Crippen molar-refractivity contribution >= 4 is 17.5 Å². The molecule has 0 spiro atoms. The Balaban J connectivity index is 1.64. The number of amides is 1. The number of halogens is 4. The largest absolute Gasteiger partial charge is 0.433 e. The van der Waals surface area contributed by atoms with Crippen LogP contribution in [0.3, 0.4) is 0 Å². The molecule has 0 aliphatic carbocycles. The first kappa shape index (κ1) is 20.2. The Bertz CT molecular complexity index is 1130. The summed E-state index contributed by atoms with van der Waals surface area (Å²) < 4.78 is 40.5. The van der Waals surface area contributed by atoms with E-state index in [2.05, 4.69) is 24.9 Å². The maximum absolute atomic E-state index is 13.0. The molecule has 1 amide bonds. The van der Waals surface area contributed by atoms with Gasteiger partial charge in [-0.05, 0) is 37.1 Å². The molecule has 0 radical (unpaired) electrons. The third-order valence-corrected chi connectivity index (χ3v) is 4.94. The van der Waals surface area contributed by atoms with Crippen LogP contribution in [0.5, 0.6) is 0 Å². The predicted molar refractivity (Wildman–Crippen MR) is 99.4 cm³/mol. The molecule has 12 heteroatoms. The number of aromatic nitrogens is 6. The second-order valence-electron chi connectivity index (χ2n) is 6.95. The van der Waals surface area contributed by atoms with Crippen molar-refractivity contribution in [1.82, 2.24) is 34.4 Å². The second-order valence-corrected chi connectivity index (χ2v) is 7.29. The van der Waals surface area contributed by atoms with Crippen LogP contribution in [0.2, 0.25) is 5.28 Å². The van der Waals surface area contributed by atoms with Gasteiger partial charge in [-0.1, -0.05) is 0 Å². The third kappa shape index (κ3) is 3.72. The highest BCUT2D eigenvalue weighted by Crippen LogP contribution is 2.29. The molecule has 1 aliphatic rings. The van der Waals surface area contributed by atoms with Gasteiger partial charge in [0, 0.05) is 25.0 Å². The molecule has 1 unspecified atom stereocenters. The quantitative estimate of drug-likeness (QED) is 0.585. The fourth-order valence-electron chi connectivity index (χ4n) is 3.27. The summed E-state index contributed by atoms with van der Waals surface area (Å²) in [6, 6.07) is 0.560. The zero-order chi connectivity index (χ0) is 21.6. The molecule has 0 fully saturated rings. The summed E-state index contributed by atoms with van der Waals surface area (Å²) >= 11 is 5.88. The van der Waals surface area contributed by atoms with Gasteiger partial charge in [-0.25, -0.2) is 24.9 Å². The molecular formula is C18H15ClF3N7O. The van der Waals surface area contributed by atoms with Crippen LogP contribution < -0.4 is 0 Å². The van der Waals surface area contributed by atoms with E-state index in [4.69, 9.17) is 11.6 Å². The molecule has 0 aromatic carbocycles. The van der Waals surface area contributed by atoms with Gasteiger partial charge in [0.15, 0.2) is 5.82 Å². The van der Waals surface area contributed by atoms with Crippen LogP contribution in [0.25, 0.3) is 11.4 Å². The summed E-state index contributed by atoms with van der Waals surface area (Å²) in [4.78, 5) is 34.1. The average molecular weight is 438 g/mol. The van der Waals surface area contributed by atoms with Gasteiger partial charge in [-0.3, -0.25) is 4.79 Å². The fourth-order valence-corrected chi connectivity index (χ4v) is 3.41. The van der Waals surface area contributed by atoms with E-state index in [1.165, 1.54) is 4.90 Å². The van der Waals surface area contributed by atoms with Crippen molar-refractivity contribution in [3.8, 4) is 11.4 Å². The van der Waals surface area contributed by atoms with Crippen molar-refractivity contribution in [3.63, 3.8) is 0 Å². The molecule has 0 N–H and O–H groups in total. The lowest BCUT2D eigenvalue weighted by Gasteiger charge is -2.33. The molecule has 1 aliphatic heterocycles. The maximum atomic E-state index is 13.0. The molecule has 1 atom stereocenters. The van der Waals surface area contributed by atoms with E-state index in [-0.39, 0.29) is 29.4 Å². The Kier molecular flexibility index (Phi) is 4.92. The molecule has 4 rings (SSSR count). The molecule has 3 aromatic rings. The monoisotopic (exact) mass is 437 g/mol. The Morgan fingerprint density at radius 3 is 2.73 bits per heavy atom. The van der Waals surface area contributed by atoms with Crippen molar-refractivity contribution in [3.05, 3.63) is 52.8 Å². The average Bonchev–Trinajstić information content (AvgIpc) is 3.10. The van der Waals surface area contributed by atoms with E-state index in [1.54, 1.807) is 30.8 Å². The summed E-state index contributed by atoms with van der Waals surface area (Å²) in [6.45, 7) is 3.93. The molecule has 4 heterocycles. The Morgan fingerprint density at radius 1 is 1.23 bits per heavy atom. The van der Waals surface area contributed by atoms with Gasteiger partial charge in [0.2, 0.25) is 5.28 Å². The highest BCUT2D eigenvalue weighted by Gasteiger charge is 2.35. The second kappa shape index (κ2) is 7.31. The van der Waals surface area contributed by atoms with E-state index >= 15 is 0 Å². The van der Waals surface area contributed by atoms with E-state index in [0.717, 1.165) is 18.0 Å². The topological polar surface area (TPSA) is 89.7 Å². The first-order chi connectivity index (χ1) is 14.1. The van der Waals surface area contributed by atoms with Crippen molar-refractivity contribution in [1.29, 1.82) is 0 Å². The third-order valence-electron chi connectivity index (χ3n) is 4.75. The molecule has 0 saturated heterocycles. The summed E-state index contributed by atoms with van der Waals surface area (Å²) in [6.07, 6.45) is -0.471. The molecule has 30 heavy (non-hydrogen) atoms. The lowest BCUT2D eigenvalue weighted by atomic mass is 10.2. The fraction of sp³-hybridized carbons (Fsp3) is 0.333. The van der Waals surface area contributed by atoms with Gasteiger partial charge in [0.25, 0.3) is 5.91 Å². The number of carbonyl (C=O) groups excluding carboxylic acids is 1. The summed E-state index contributed by atoms with van der Waals surface area (Å²) in [5.74, 6) is -0.243. The number of rotatable bonds is 3. The number of alkyl halides is 3. The SMILES string of the molecule is Cc1cnc(Cl)nc1-c1cn2c(n1)C(=O)N(Cc1cc(C(F)(F)F)ncn1)C(C)C2. The normalized spacial score (nSPS) is 16.7. The number of aryl methyl sites for hydroxylation is 1. The minimum absolute atomic E-state index is 0.0622. The summed E-state index contributed by atoms with van der Waals surface area (Å²) in [5, 5.41) is 0.0622. The molecular weight excluding hydrogens is 423 g/mol. The number of hydrogen-bond donors (Lipinski definition) is 0. The van der Waals surface area contributed by atoms with Gasteiger partial charge in [-0.15, -0.1) is 0 Å². The van der Waals surface area contributed by atoms with Crippen LogP contribution in [0, 0.1) is 6.92 Å². The van der Waals surface area contributed by atoms with Crippen molar-refractivity contribution in [2.24, 2.45) is 0 Å². The van der Waals surface area contributed by atoms with Crippen LogP contribution in [0.1, 0.15) is 34.5 Å². The number of fused-ring (bicyclic) bond motifs is 1. The number of nitrogens with zero attached hydrogens (tertiary/aromatic N) is 7. The smallest absolute Gasteiger partial charge is 0.326 e. The molecule has 0 saturated carbocycles. The van der Waals surface area contributed by atoms with Gasteiger partial charge < -0.3 is 9.47 Å². The lowest BCUT2D eigenvalue weighted by molar-refractivity contribution is -0.141. The minimum atomic E-state index is -4.59.